The topological polar surface area (TPSA) is 56.5 Å². The van der Waals surface area contributed by atoms with E-state index in [1.807, 2.05) is 43.4 Å². The molecular weight excluding hydrogens is 575 g/mol. The lowest BCUT2D eigenvalue weighted by Gasteiger charge is -2.56. The average molecular weight is 626 g/mol. The summed E-state index contributed by atoms with van der Waals surface area (Å²) < 4.78 is 6.11. The molecule has 0 radical (unpaired) electrons. The molecule has 234 valence electrons. The first kappa shape index (κ1) is 35.2. The maximum absolute atomic E-state index is 11.7. The molecule has 1 N–H and O–H groups in total. The van der Waals surface area contributed by atoms with Gasteiger partial charge in [-0.2, -0.15) is 5.26 Å². The van der Waals surface area contributed by atoms with Gasteiger partial charge in [-0.05, 0) is 93.9 Å². The van der Waals surface area contributed by atoms with Crippen molar-refractivity contribution in [1.29, 1.82) is 5.26 Å². The van der Waals surface area contributed by atoms with Crippen LogP contribution in [-0.4, -0.2) is 46.2 Å². The molecular formula is C37H50Cl2N2O2. The fourth-order valence-corrected chi connectivity index (χ4v) is 7.10. The second-order valence-corrected chi connectivity index (χ2v) is 13.9. The Morgan fingerprint density at radius 1 is 1.30 bits per heavy atom. The standard InChI is InChI=1S/C37H50Cl2N2O2/c1-9-25(3)12-13-28(10-2)29-14-15-34(33(39)23-29)43-21-11-20-41-26(4)22-31(35(42)36(41,6)7)27(5)37(8)18-16-30(24-40)32(38)17-19-37/h10,12-17,19,23,26-27,31-32,35,42H,3,9,11,18,20-22H2,1-2,4-8H3. The molecule has 6 heteroatoms. The number of hydrogen-bond donors (Lipinski definition) is 1. The predicted molar refractivity (Wildman–Crippen MR) is 183 cm³/mol. The Balaban J connectivity index is 1.61. The van der Waals surface area contributed by atoms with E-state index in [0.29, 0.717) is 29.0 Å². The first-order chi connectivity index (χ1) is 20.3. The third-order valence-corrected chi connectivity index (χ3v) is 10.5. The molecule has 4 nitrogen and oxygen atoms in total. The summed E-state index contributed by atoms with van der Waals surface area (Å²) in [6.07, 6.45) is 15.2. The minimum Gasteiger partial charge on any atom is -0.492 e. The van der Waals surface area contributed by atoms with Crippen molar-refractivity contribution in [2.45, 2.75) is 97.2 Å². The van der Waals surface area contributed by atoms with Crippen LogP contribution in [0.25, 0.3) is 5.57 Å². The van der Waals surface area contributed by atoms with Gasteiger partial charge in [-0.3, -0.25) is 4.90 Å². The van der Waals surface area contributed by atoms with Gasteiger partial charge in [-0.1, -0.05) is 87.0 Å². The highest BCUT2D eigenvalue weighted by molar-refractivity contribution is 6.32. The predicted octanol–water partition coefficient (Wildman–Crippen LogP) is 9.54. The van der Waals surface area contributed by atoms with Gasteiger partial charge in [0.1, 0.15) is 5.75 Å². The van der Waals surface area contributed by atoms with Gasteiger partial charge in [0.15, 0.2) is 0 Å². The molecule has 1 saturated heterocycles. The molecule has 6 atom stereocenters. The van der Waals surface area contributed by atoms with Crippen LogP contribution in [0.15, 0.2) is 72.4 Å². The van der Waals surface area contributed by atoms with E-state index >= 15 is 0 Å². The summed E-state index contributed by atoms with van der Waals surface area (Å²) in [6.45, 7) is 20.5. The van der Waals surface area contributed by atoms with Crippen molar-refractivity contribution in [3.05, 3.63) is 83.0 Å². The monoisotopic (exact) mass is 624 g/mol. The molecule has 1 aliphatic carbocycles. The fourth-order valence-electron chi connectivity index (χ4n) is 6.65. The Bertz CT molecular complexity index is 1300. The number of aliphatic hydroxyl groups is 1. The molecule has 1 heterocycles. The molecule has 43 heavy (non-hydrogen) atoms. The highest BCUT2D eigenvalue weighted by Crippen LogP contribution is 2.48. The summed E-state index contributed by atoms with van der Waals surface area (Å²) in [7, 11) is 0. The summed E-state index contributed by atoms with van der Waals surface area (Å²) in [5.41, 5.74) is 3.23. The molecule has 0 bridgehead atoms. The van der Waals surface area contributed by atoms with Crippen LogP contribution in [0, 0.1) is 28.6 Å². The second-order valence-electron chi connectivity index (χ2n) is 13.0. The zero-order valence-electron chi connectivity index (χ0n) is 27.0. The minimum absolute atomic E-state index is 0.118. The van der Waals surface area contributed by atoms with E-state index in [4.69, 9.17) is 27.9 Å². The Labute approximate surface area is 270 Å². The van der Waals surface area contributed by atoms with Crippen LogP contribution < -0.4 is 4.74 Å². The number of alkyl halides is 1. The molecule has 6 unspecified atom stereocenters. The Kier molecular flexibility index (Phi) is 12.4. The second kappa shape index (κ2) is 15.1. The smallest absolute Gasteiger partial charge is 0.137 e. The molecule has 0 aromatic heterocycles. The van der Waals surface area contributed by atoms with Gasteiger partial charge in [0.25, 0.3) is 0 Å². The van der Waals surface area contributed by atoms with Gasteiger partial charge in [-0.25, -0.2) is 0 Å². The summed E-state index contributed by atoms with van der Waals surface area (Å²) in [6, 6.07) is 8.47. The zero-order chi connectivity index (χ0) is 31.9. The molecule has 1 aliphatic heterocycles. The largest absolute Gasteiger partial charge is 0.492 e. The van der Waals surface area contributed by atoms with E-state index in [9.17, 15) is 10.4 Å². The van der Waals surface area contributed by atoms with Crippen molar-refractivity contribution in [2.75, 3.05) is 13.2 Å². The summed E-state index contributed by atoms with van der Waals surface area (Å²) >= 11 is 13.0. The molecule has 3 rings (SSSR count). The molecule has 1 aromatic rings. The molecule has 2 aliphatic rings. The van der Waals surface area contributed by atoms with E-state index in [-0.39, 0.29) is 17.3 Å². The lowest BCUT2D eigenvalue weighted by Crippen LogP contribution is -2.64. The number of halogens is 2. The number of nitriles is 1. The van der Waals surface area contributed by atoms with Gasteiger partial charge < -0.3 is 9.84 Å². The maximum Gasteiger partial charge on any atom is 0.137 e. The lowest BCUT2D eigenvalue weighted by atomic mass is 9.62. The van der Waals surface area contributed by atoms with Crippen LogP contribution in [0.1, 0.15) is 79.7 Å². The normalized spacial score (nSPS) is 28.7. The number of allylic oxidation sites excluding steroid dienone is 9. The summed E-state index contributed by atoms with van der Waals surface area (Å²) in [4.78, 5) is 2.43. The minimum atomic E-state index is -0.495. The number of hydrogen-bond acceptors (Lipinski definition) is 4. The Morgan fingerprint density at radius 3 is 2.65 bits per heavy atom. The highest BCUT2D eigenvalue weighted by Gasteiger charge is 2.50. The number of piperidine rings is 1. The fraction of sp³-hybridized carbons (Fsp3) is 0.541. The van der Waals surface area contributed by atoms with Crippen LogP contribution in [0.5, 0.6) is 5.75 Å². The molecule has 0 spiro atoms. The van der Waals surface area contributed by atoms with Gasteiger partial charge in [-0.15, -0.1) is 11.6 Å². The van der Waals surface area contributed by atoms with Crippen molar-refractivity contribution < 1.29 is 9.84 Å². The number of ether oxygens (including phenoxy) is 1. The van der Waals surface area contributed by atoms with Crippen molar-refractivity contribution in [1.82, 2.24) is 4.90 Å². The number of aliphatic hydroxyl groups excluding tert-OH is 1. The van der Waals surface area contributed by atoms with Crippen LogP contribution in [-0.2, 0) is 0 Å². The maximum atomic E-state index is 11.7. The van der Waals surface area contributed by atoms with Crippen molar-refractivity contribution in [2.24, 2.45) is 17.3 Å². The molecule has 0 saturated carbocycles. The Hall–Kier alpha value is -2.29. The molecule has 0 amide bonds. The van der Waals surface area contributed by atoms with E-state index < -0.39 is 17.0 Å². The van der Waals surface area contributed by atoms with Crippen LogP contribution in [0.3, 0.4) is 0 Å². The molecule has 1 fully saturated rings. The number of rotatable bonds is 11. The third-order valence-electron chi connectivity index (χ3n) is 9.86. The quantitative estimate of drug-likeness (QED) is 0.115. The summed E-state index contributed by atoms with van der Waals surface area (Å²) in [5.74, 6) is 1.01. The molecule has 1 aromatic carbocycles. The van der Waals surface area contributed by atoms with Gasteiger partial charge in [0, 0.05) is 23.7 Å². The SMILES string of the molecule is C=C(C=CC(=CC)c1ccc(OCCCN2C(C)CC(C(C)C3(C)C=CC(Cl)C(C#N)=CC3)C(O)C2(C)C)c(Cl)c1)CC. The van der Waals surface area contributed by atoms with E-state index in [1.165, 1.54) is 0 Å². The first-order valence-corrected chi connectivity index (χ1v) is 16.4. The average Bonchev–Trinajstić information content (AvgIpc) is 3.13. The van der Waals surface area contributed by atoms with Crippen LogP contribution >= 0.6 is 23.2 Å². The van der Waals surface area contributed by atoms with Gasteiger partial charge in [0.2, 0.25) is 0 Å². The number of likely N-dealkylation sites (tertiary alicyclic amines) is 1. The van der Waals surface area contributed by atoms with Crippen molar-refractivity contribution in [3.63, 3.8) is 0 Å². The zero-order valence-corrected chi connectivity index (χ0v) is 28.6. The van der Waals surface area contributed by atoms with Gasteiger partial charge in [0.05, 0.1) is 29.2 Å². The Morgan fingerprint density at radius 2 is 2.02 bits per heavy atom. The van der Waals surface area contributed by atoms with Gasteiger partial charge >= 0.3 is 0 Å². The van der Waals surface area contributed by atoms with Crippen LogP contribution in [0.2, 0.25) is 5.02 Å². The van der Waals surface area contributed by atoms with Crippen molar-refractivity contribution >= 4 is 28.8 Å². The van der Waals surface area contributed by atoms with E-state index in [0.717, 1.165) is 48.9 Å². The first-order valence-electron chi connectivity index (χ1n) is 15.6. The number of nitrogens with zero attached hydrogens (tertiary/aromatic N) is 2. The summed E-state index contributed by atoms with van der Waals surface area (Å²) in [5, 5.41) is 21.4. The van der Waals surface area contributed by atoms with E-state index in [1.54, 1.807) is 0 Å². The van der Waals surface area contributed by atoms with Crippen LogP contribution in [0.4, 0.5) is 0 Å². The van der Waals surface area contributed by atoms with E-state index in [2.05, 4.69) is 77.3 Å². The third kappa shape index (κ3) is 8.25. The number of benzene rings is 1. The highest BCUT2D eigenvalue weighted by atomic mass is 35.5. The lowest BCUT2D eigenvalue weighted by molar-refractivity contribution is -0.125. The van der Waals surface area contributed by atoms with Crippen molar-refractivity contribution in [3.8, 4) is 11.8 Å².